The summed E-state index contributed by atoms with van der Waals surface area (Å²) in [5.41, 5.74) is 6.71. The van der Waals surface area contributed by atoms with Gasteiger partial charge in [0, 0.05) is 6.04 Å². The van der Waals surface area contributed by atoms with Crippen molar-refractivity contribution in [2.24, 2.45) is 5.73 Å². The molecule has 0 aliphatic rings. The maximum absolute atomic E-state index is 13.7. The van der Waals surface area contributed by atoms with Crippen molar-refractivity contribution in [3.63, 3.8) is 0 Å². The van der Waals surface area contributed by atoms with Gasteiger partial charge in [-0.25, -0.2) is 4.39 Å². The highest BCUT2D eigenvalue weighted by Gasteiger charge is 2.10. The van der Waals surface area contributed by atoms with Crippen LogP contribution in [0.2, 0.25) is 5.02 Å². The molecule has 0 saturated heterocycles. The molecule has 0 radical (unpaired) electrons. The van der Waals surface area contributed by atoms with Crippen LogP contribution in [-0.4, -0.2) is 6.04 Å². The molecule has 0 aliphatic carbocycles. The Balaban J connectivity index is 2.17. The lowest BCUT2D eigenvalue weighted by Crippen LogP contribution is -2.23. The molecule has 1 rings (SSSR count). The topological polar surface area (TPSA) is 26.0 Å². The van der Waals surface area contributed by atoms with Crippen molar-refractivity contribution in [1.29, 1.82) is 0 Å². The normalized spacial score (nSPS) is 12.6. The predicted molar refractivity (Wildman–Crippen MR) is 85.7 cm³/mol. The van der Waals surface area contributed by atoms with Crippen LogP contribution >= 0.6 is 11.6 Å². The van der Waals surface area contributed by atoms with Gasteiger partial charge in [0.25, 0.3) is 0 Å². The van der Waals surface area contributed by atoms with Crippen molar-refractivity contribution in [2.75, 3.05) is 0 Å². The van der Waals surface area contributed by atoms with Gasteiger partial charge in [0.05, 0.1) is 5.02 Å². The van der Waals surface area contributed by atoms with Crippen LogP contribution in [0.15, 0.2) is 18.2 Å². The van der Waals surface area contributed by atoms with Gasteiger partial charge in [-0.15, -0.1) is 0 Å². The Labute approximate surface area is 127 Å². The predicted octanol–water partition coefficient (Wildman–Crippen LogP) is 5.49. The van der Waals surface area contributed by atoms with Crippen molar-refractivity contribution < 1.29 is 4.39 Å². The number of benzene rings is 1. The fraction of sp³-hybridized carbons (Fsp3) is 0.647. The Morgan fingerprint density at radius 1 is 1.10 bits per heavy atom. The van der Waals surface area contributed by atoms with E-state index >= 15 is 0 Å². The van der Waals surface area contributed by atoms with Gasteiger partial charge in [0.15, 0.2) is 0 Å². The summed E-state index contributed by atoms with van der Waals surface area (Å²) < 4.78 is 13.7. The Kier molecular flexibility index (Phi) is 8.88. The van der Waals surface area contributed by atoms with Gasteiger partial charge in [0.1, 0.15) is 5.82 Å². The average Bonchev–Trinajstić information content (AvgIpc) is 2.43. The lowest BCUT2D eigenvalue weighted by Gasteiger charge is -2.12. The van der Waals surface area contributed by atoms with E-state index in [1.54, 1.807) is 18.2 Å². The second-order valence-corrected chi connectivity index (χ2v) is 5.99. The van der Waals surface area contributed by atoms with Crippen LogP contribution < -0.4 is 5.73 Å². The van der Waals surface area contributed by atoms with E-state index in [0.717, 1.165) is 12.8 Å². The molecule has 0 bridgehead atoms. The molecule has 3 heteroatoms. The molecule has 1 aromatic rings. The van der Waals surface area contributed by atoms with Crippen molar-refractivity contribution in [2.45, 2.75) is 70.8 Å². The molecule has 20 heavy (non-hydrogen) atoms. The van der Waals surface area contributed by atoms with Gasteiger partial charge in [0.2, 0.25) is 0 Å². The van der Waals surface area contributed by atoms with Crippen molar-refractivity contribution in [3.8, 4) is 0 Å². The van der Waals surface area contributed by atoms with Crippen LogP contribution in [0, 0.1) is 5.82 Å². The highest BCUT2D eigenvalue weighted by atomic mass is 35.5. The molecule has 0 saturated carbocycles. The first-order valence-electron chi connectivity index (χ1n) is 7.83. The van der Waals surface area contributed by atoms with E-state index in [4.69, 9.17) is 17.3 Å². The van der Waals surface area contributed by atoms with Gasteiger partial charge in [-0.3, -0.25) is 0 Å². The third-order valence-electron chi connectivity index (χ3n) is 3.69. The zero-order valence-electron chi connectivity index (χ0n) is 12.5. The first kappa shape index (κ1) is 17.5. The number of hydrogen-bond acceptors (Lipinski definition) is 1. The van der Waals surface area contributed by atoms with Crippen LogP contribution in [0.4, 0.5) is 4.39 Å². The fourth-order valence-corrected chi connectivity index (χ4v) is 2.65. The summed E-state index contributed by atoms with van der Waals surface area (Å²) in [4.78, 5) is 0. The van der Waals surface area contributed by atoms with Crippen LogP contribution in [-0.2, 0) is 6.42 Å². The van der Waals surface area contributed by atoms with Crippen LogP contribution in [0.3, 0.4) is 0 Å². The molecule has 0 aliphatic heterocycles. The first-order valence-corrected chi connectivity index (χ1v) is 8.21. The zero-order chi connectivity index (χ0) is 14.8. The Bertz CT molecular complexity index is 381. The number of rotatable bonds is 10. The second kappa shape index (κ2) is 10.2. The quantitative estimate of drug-likeness (QED) is 0.568. The number of hydrogen-bond donors (Lipinski definition) is 1. The minimum absolute atomic E-state index is 0.0265. The monoisotopic (exact) mass is 299 g/mol. The highest BCUT2D eigenvalue weighted by molar-refractivity contribution is 6.30. The molecule has 1 nitrogen and oxygen atoms in total. The summed E-state index contributed by atoms with van der Waals surface area (Å²) in [6, 6.07) is 5.15. The summed E-state index contributed by atoms with van der Waals surface area (Å²) in [7, 11) is 0. The summed E-state index contributed by atoms with van der Waals surface area (Å²) in [5.74, 6) is -0.316. The van der Waals surface area contributed by atoms with E-state index in [1.807, 2.05) is 0 Å². The fourth-order valence-electron chi connectivity index (χ4n) is 2.45. The third kappa shape index (κ3) is 6.71. The van der Waals surface area contributed by atoms with Crippen molar-refractivity contribution >= 4 is 11.6 Å². The van der Waals surface area contributed by atoms with Crippen LogP contribution in [0.25, 0.3) is 0 Å². The molecular weight excluding hydrogens is 273 g/mol. The smallest absolute Gasteiger partial charge is 0.145 e. The van der Waals surface area contributed by atoms with Gasteiger partial charge in [-0.05, 0) is 24.5 Å². The summed E-state index contributed by atoms with van der Waals surface area (Å²) in [6.07, 6.45) is 10.5. The molecule has 0 fully saturated rings. The van der Waals surface area contributed by atoms with Crippen LogP contribution in [0.5, 0.6) is 0 Å². The molecule has 1 atom stereocenters. The summed E-state index contributed by atoms with van der Waals surface area (Å²) in [5, 5.41) is 0.186. The minimum Gasteiger partial charge on any atom is -0.327 e. The molecule has 0 amide bonds. The van der Waals surface area contributed by atoms with Crippen molar-refractivity contribution in [1.82, 2.24) is 0 Å². The molecule has 1 unspecified atom stereocenters. The van der Waals surface area contributed by atoms with Crippen LogP contribution in [0.1, 0.15) is 63.9 Å². The molecule has 114 valence electrons. The standard InChI is InChI=1S/C17H27ClFN/c1-2-3-4-5-6-7-8-11-15(20)13-14-10-9-12-16(18)17(14)19/h9-10,12,15H,2-8,11,13,20H2,1H3. The Morgan fingerprint density at radius 2 is 1.75 bits per heavy atom. The molecule has 1 aromatic carbocycles. The number of nitrogens with two attached hydrogens (primary N) is 1. The maximum Gasteiger partial charge on any atom is 0.145 e. The van der Waals surface area contributed by atoms with Gasteiger partial charge in [-0.1, -0.05) is 75.6 Å². The third-order valence-corrected chi connectivity index (χ3v) is 3.98. The Morgan fingerprint density at radius 3 is 2.45 bits per heavy atom. The molecule has 0 aromatic heterocycles. The summed E-state index contributed by atoms with van der Waals surface area (Å²) >= 11 is 5.77. The SMILES string of the molecule is CCCCCCCCCC(N)Cc1cccc(Cl)c1F. The van der Waals surface area contributed by atoms with E-state index in [-0.39, 0.29) is 16.9 Å². The van der Waals surface area contributed by atoms with E-state index in [1.165, 1.54) is 38.5 Å². The highest BCUT2D eigenvalue weighted by Crippen LogP contribution is 2.20. The van der Waals surface area contributed by atoms with Crippen molar-refractivity contribution in [3.05, 3.63) is 34.6 Å². The van der Waals surface area contributed by atoms with E-state index in [9.17, 15) is 4.39 Å². The number of unbranched alkanes of at least 4 members (excludes halogenated alkanes) is 6. The average molecular weight is 300 g/mol. The van der Waals surface area contributed by atoms with Gasteiger partial charge >= 0.3 is 0 Å². The Hall–Kier alpha value is -0.600. The molecule has 0 heterocycles. The lowest BCUT2D eigenvalue weighted by atomic mass is 10.00. The zero-order valence-corrected chi connectivity index (χ0v) is 13.3. The first-order chi connectivity index (χ1) is 9.65. The lowest BCUT2D eigenvalue weighted by molar-refractivity contribution is 0.518. The molecule has 0 spiro atoms. The summed E-state index contributed by atoms with van der Waals surface area (Å²) in [6.45, 7) is 2.23. The van der Waals surface area contributed by atoms with Gasteiger partial charge in [-0.2, -0.15) is 0 Å². The molecule has 2 N–H and O–H groups in total. The van der Waals surface area contributed by atoms with E-state index in [0.29, 0.717) is 12.0 Å². The minimum atomic E-state index is -0.316. The largest absolute Gasteiger partial charge is 0.327 e. The maximum atomic E-state index is 13.7. The second-order valence-electron chi connectivity index (χ2n) is 5.59. The van der Waals surface area contributed by atoms with Gasteiger partial charge < -0.3 is 5.73 Å². The number of halogens is 2. The van der Waals surface area contributed by atoms with E-state index in [2.05, 4.69) is 6.92 Å². The van der Waals surface area contributed by atoms with E-state index < -0.39 is 0 Å². The molecular formula is C17H27ClFN.